The highest BCUT2D eigenvalue weighted by Crippen LogP contribution is 2.36. The summed E-state index contributed by atoms with van der Waals surface area (Å²) >= 11 is 3.57. The van der Waals surface area contributed by atoms with E-state index >= 15 is 0 Å². The summed E-state index contributed by atoms with van der Waals surface area (Å²) in [5.41, 5.74) is 6.00. The number of hydrogen-bond donors (Lipinski definition) is 1. The van der Waals surface area contributed by atoms with Crippen LogP contribution in [0.3, 0.4) is 0 Å². The Morgan fingerprint density at radius 3 is 2.65 bits per heavy atom. The van der Waals surface area contributed by atoms with E-state index in [1.165, 1.54) is 27.7 Å². The van der Waals surface area contributed by atoms with Gasteiger partial charge in [0.25, 0.3) is 0 Å². The molecule has 2 aromatic heterocycles. The normalized spacial score (nSPS) is 11.4. The molecular weight excluding hydrogens is 312 g/mol. The van der Waals surface area contributed by atoms with E-state index in [2.05, 4.69) is 70.1 Å². The number of benzene rings is 1. The van der Waals surface area contributed by atoms with Gasteiger partial charge in [0, 0.05) is 32.8 Å². The summed E-state index contributed by atoms with van der Waals surface area (Å²) in [6.07, 6.45) is 1.87. The predicted octanol–water partition coefficient (Wildman–Crippen LogP) is 5.42. The molecule has 0 saturated heterocycles. The summed E-state index contributed by atoms with van der Waals surface area (Å²) in [6.45, 7) is 6.50. The first kappa shape index (κ1) is 13.4. The molecule has 0 aliphatic rings. The minimum absolute atomic E-state index is 0.460. The molecule has 1 N–H and O–H groups in total. The minimum atomic E-state index is 0.460. The van der Waals surface area contributed by atoms with Crippen molar-refractivity contribution in [3.8, 4) is 11.3 Å². The molecule has 0 saturated carbocycles. The van der Waals surface area contributed by atoms with E-state index in [4.69, 9.17) is 0 Å². The van der Waals surface area contributed by atoms with E-state index in [1.54, 1.807) is 0 Å². The highest BCUT2D eigenvalue weighted by Gasteiger charge is 2.16. The largest absolute Gasteiger partial charge is 0.354 e. The molecule has 0 fully saturated rings. The minimum Gasteiger partial charge on any atom is -0.354 e. The summed E-state index contributed by atoms with van der Waals surface area (Å²) in [5, 5.41) is 1.29. The number of rotatable bonds is 2. The van der Waals surface area contributed by atoms with Crippen LogP contribution in [0.2, 0.25) is 0 Å². The van der Waals surface area contributed by atoms with Gasteiger partial charge in [-0.1, -0.05) is 29.8 Å². The second kappa shape index (κ2) is 5.06. The highest BCUT2D eigenvalue weighted by atomic mass is 79.9. The molecule has 0 unspecified atom stereocenters. The lowest BCUT2D eigenvalue weighted by atomic mass is 9.96. The molecule has 0 aliphatic heterocycles. The van der Waals surface area contributed by atoms with E-state index < -0.39 is 0 Å². The van der Waals surface area contributed by atoms with Gasteiger partial charge in [-0.15, -0.1) is 0 Å². The fourth-order valence-corrected chi connectivity index (χ4v) is 3.07. The van der Waals surface area contributed by atoms with E-state index in [0.29, 0.717) is 5.92 Å². The first-order chi connectivity index (χ1) is 9.56. The Bertz CT molecular complexity index is 772. The zero-order chi connectivity index (χ0) is 14.3. The number of aryl methyl sites for hydroxylation is 1. The van der Waals surface area contributed by atoms with Crippen LogP contribution < -0.4 is 0 Å². The van der Waals surface area contributed by atoms with Crippen LogP contribution in [-0.4, -0.2) is 9.97 Å². The summed E-state index contributed by atoms with van der Waals surface area (Å²) in [5.74, 6) is 0.460. The van der Waals surface area contributed by atoms with Crippen molar-refractivity contribution in [1.29, 1.82) is 0 Å². The summed E-state index contributed by atoms with van der Waals surface area (Å²) in [6, 6.07) is 10.6. The SMILES string of the molecule is Cc1cc(-c2[nH]c3ccc(Br)cc3c2C(C)C)ccn1. The van der Waals surface area contributed by atoms with E-state index in [-0.39, 0.29) is 0 Å². The van der Waals surface area contributed by atoms with Gasteiger partial charge in [0.15, 0.2) is 0 Å². The quantitative estimate of drug-likeness (QED) is 0.668. The Labute approximate surface area is 127 Å². The fraction of sp³-hybridized carbons (Fsp3) is 0.235. The Morgan fingerprint density at radius 2 is 1.95 bits per heavy atom. The molecule has 0 amide bonds. The molecule has 3 rings (SSSR count). The number of pyridine rings is 1. The number of aromatic amines is 1. The number of aromatic nitrogens is 2. The van der Waals surface area contributed by atoms with Crippen molar-refractivity contribution in [1.82, 2.24) is 9.97 Å². The van der Waals surface area contributed by atoms with Crippen molar-refractivity contribution >= 4 is 26.8 Å². The number of halogens is 1. The molecule has 0 spiro atoms. The Balaban J connectivity index is 2.32. The van der Waals surface area contributed by atoms with Crippen LogP contribution in [0.1, 0.15) is 31.0 Å². The van der Waals surface area contributed by atoms with Crippen LogP contribution >= 0.6 is 15.9 Å². The molecule has 2 heterocycles. The second-order valence-corrected chi connectivity index (χ2v) is 6.36. The number of hydrogen-bond acceptors (Lipinski definition) is 1. The van der Waals surface area contributed by atoms with Crippen LogP contribution in [0.5, 0.6) is 0 Å². The first-order valence-corrected chi connectivity index (χ1v) is 7.59. The van der Waals surface area contributed by atoms with Gasteiger partial charge in [0.05, 0.1) is 5.69 Å². The van der Waals surface area contributed by atoms with Gasteiger partial charge in [-0.05, 0) is 48.7 Å². The third kappa shape index (κ3) is 2.27. The fourth-order valence-electron chi connectivity index (χ4n) is 2.71. The Kier molecular flexibility index (Phi) is 3.38. The van der Waals surface area contributed by atoms with Gasteiger partial charge in [-0.2, -0.15) is 0 Å². The zero-order valence-corrected chi connectivity index (χ0v) is 13.5. The van der Waals surface area contributed by atoms with Crippen molar-refractivity contribution < 1.29 is 0 Å². The van der Waals surface area contributed by atoms with Crippen molar-refractivity contribution in [2.75, 3.05) is 0 Å². The lowest BCUT2D eigenvalue weighted by Gasteiger charge is -2.09. The molecule has 1 aromatic carbocycles. The average molecular weight is 329 g/mol. The first-order valence-electron chi connectivity index (χ1n) is 6.80. The Hall–Kier alpha value is -1.61. The van der Waals surface area contributed by atoms with E-state index in [0.717, 1.165) is 10.2 Å². The lowest BCUT2D eigenvalue weighted by molar-refractivity contribution is 0.878. The van der Waals surface area contributed by atoms with E-state index in [9.17, 15) is 0 Å². The molecule has 2 nitrogen and oxygen atoms in total. The molecule has 102 valence electrons. The van der Waals surface area contributed by atoms with Gasteiger partial charge in [-0.25, -0.2) is 0 Å². The maximum absolute atomic E-state index is 4.29. The van der Waals surface area contributed by atoms with Crippen molar-refractivity contribution in [2.45, 2.75) is 26.7 Å². The van der Waals surface area contributed by atoms with Crippen LogP contribution in [0, 0.1) is 6.92 Å². The molecule has 0 radical (unpaired) electrons. The smallest absolute Gasteiger partial charge is 0.0501 e. The molecule has 0 bridgehead atoms. The molecular formula is C17H17BrN2. The molecule has 3 heteroatoms. The Morgan fingerprint density at radius 1 is 1.15 bits per heavy atom. The predicted molar refractivity (Wildman–Crippen MR) is 88.1 cm³/mol. The van der Waals surface area contributed by atoms with Gasteiger partial charge in [0.1, 0.15) is 0 Å². The molecule has 20 heavy (non-hydrogen) atoms. The summed E-state index contributed by atoms with van der Waals surface area (Å²) in [7, 11) is 0. The average Bonchev–Trinajstić information content (AvgIpc) is 2.77. The molecule has 0 atom stereocenters. The number of nitrogens with one attached hydrogen (secondary N) is 1. The molecule has 3 aromatic rings. The van der Waals surface area contributed by atoms with E-state index in [1.807, 2.05) is 13.1 Å². The topological polar surface area (TPSA) is 28.7 Å². The van der Waals surface area contributed by atoms with Gasteiger partial charge >= 0.3 is 0 Å². The van der Waals surface area contributed by atoms with Crippen molar-refractivity contribution in [3.63, 3.8) is 0 Å². The number of H-pyrrole nitrogens is 1. The molecule has 0 aliphatic carbocycles. The maximum atomic E-state index is 4.29. The highest BCUT2D eigenvalue weighted by molar-refractivity contribution is 9.10. The van der Waals surface area contributed by atoms with Crippen molar-refractivity contribution in [3.05, 3.63) is 52.3 Å². The third-order valence-electron chi connectivity index (χ3n) is 3.56. The van der Waals surface area contributed by atoms with Crippen LogP contribution in [0.15, 0.2) is 41.0 Å². The monoisotopic (exact) mass is 328 g/mol. The summed E-state index contributed by atoms with van der Waals surface area (Å²) in [4.78, 5) is 7.85. The van der Waals surface area contributed by atoms with Gasteiger partial charge in [-0.3, -0.25) is 4.98 Å². The van der Waals surface area contributed by atoms with Crippen LogP contribution in [0.25, 0.3) is 22.2 Å². The zero-order valence-electron chi connectivity index (χ0n) is 11.9. The van der Waals surface area contributed by atoms with Crippen molar-refractivity contribution in [2.24, 2.45) is 0 Å². The maximum Gasteiger partial charge on any atom is 0.0501 e. The van der Waals surface area contributed by atoms with Gasteiger partial charge < -0.3 is 4.98 Å². The van der Waals surface area contributed by atoms with Crippen LogP contribution in [0.4, 0.5) is 0 Å². The van der Waals surface area contributed by atoms with Gasteiger partial charge in [0.2, 0.25) is 0 Å². The number of fused-ring (bicyclic) bond motifs is 1. The third-order valence-corrected chi connectivity index (χ3v) is 4.06. The number of nitrogens with zero attached hydrogens (tertiary/aromatic N) is 1. The second-order valence-electron chi connectivity index (χ2n) is 5.44. The lowest BCUT2D eigenvalue weighted by Crippen LogP contribution is -1.91. The van der Waals surface area contributed by atoms with Crippen LogP contribution in [-0.2, 0) is 0 Å². The standard InChI is InChI=1S/C17H17BrN2/c1-10(2)16-14-9-13(18)4-5-15(14)20-17(16)12-6-7-19-11(3)8-12/h4-10,20H,1-3H3. The summed E-state index contributed by atoms with van der Waals surface area (Å²) < 4.78 is 1.11.